The summed E-state index contributed by atoms with van der Waals surface area (Å²) >= 11 is 1.18. The molecule has 6 nitrogen and oxygen atoms in total. The second-order valence-electron chi connectivity index (χ2n) is 6.13. The Morgan fingerprint density at radius 2 is 1.89 bits per heavy atom. The van der Waals surface area contributed by atoms with Crippen LogP contribution in [-0.2, 0) is 4.79 Å². The molecule has 0 aliphatic heterocycles. The smallest absolute Gasteiger partial charge is 0.277 e. The van der Waals surface area contributed by atoms with Crippen LogP contribution in [0.2, 0.25) is 0 Å². The number of aromatic nitrogens is 2. The van der Waals surface area contributed by atoms with Gasteiger partial charge in [0.15, 0.2) is 5.78 Å². The van der Waals surface area contributed by atoms with Gasteiger partial charge in [-0.15, -0.1) is 10.2 Å². The molecule has 0 saturated carbocycles. The van der Waals surface area contributed by atoms with Gasteiger partial charge in [-0.3, -0.25) is 9.59 Å². The summed E-state index contributed by atoms with van der Waals surface area (Å²) in [5, 5.41) is 10.7. The number of hydrogen-bond acceptors (Lipinski definition) is 6. The van der Waals surface area contributed by atoms with Crippen LogP contribution in [0.5, 0.6) is 0 Å². The highest BCUT2D eigenvalue weighted by molar-refractivity contribution is 8.00. The second kappa shape index (κ2) is 8.18. The third-order valence-electron chi connectivity index (χ3n) is 3.85. The van der Waals surface area contributed by atoms with Gasteiger partial charge in [0.1, 0.15) is 0 Å². The molecule has 1 N–H and O–H groups in total. The summed E-state index contributed by atoms with van der Waals surface area (Å²) in [7, 11) is 0. The maximum absolute atomic E-state index is 12.4. The topological polar surface area (TPSA) is 85.1 Å². The third kappa shape index (κ3) is 4.83. The summed E-state index contributed by atoms with van der Waals surface area (Å²) in [6.45, 7) is 5.23. The van der Waals surface area contributed by atoms with Crippen molar-refractivity contribution in [1.29, 1.82) is 0 Å². The van der Waals surface area contributed by atoms with Crippen molar-refractivity contribution in [2.24, 2.45) is 0 Å². The van der Waals surface area contributed by atoms with Gasteiger partial charge in [-0.1, -0.05) is 41.6 Å². The van der Waals surface area contributed by atoms with Gasteiger partial charge in [0.05, 0.1) is 5.25 Å². The zero-order valence-corrected chi connectivity index (χ0v) is 16.0. The van der Waals surface area contributed by atoms with Crippen molar-refractivity contribution in [3.8, 4) is 11.5 Å². The van der Waals surface area contributed by atoms with E-state index in [1.54, 1.807) is 31.2 Å². The summed E-state index contributed by atoms with van der Waals surface area (Å²) < 4.78 is 5.66. The lowest BCUT2D eigenvalue weighted by Gasteiger charge is -2.10. The summed E-state index contributed by atoms with van der Waals surface area (Å²) in [4.78, 5) is 23.9. The number of Topliss-reactive ketones (excluding diaryl/α,β-unsaturated/α-hetero) is 1. The molecule has 0 bridgehead atoms. The molecule has 0 unspecified atom stereocenters. The molecule has 0 fully saturated rings. The van der Waals surface area contributed by atoms with Gasteiger partial charge in [0.2, 0.25) is 11.8 Å². The third-order valence-corrected chi connectivity index (χ3v) is 4.79. The van der Waals surface area contributed by atoms with Crippen molar-refractivity contribution < 1.29 is 14.0 Å². The van der Waals surface area contributed by atoms with Crippen molar-refractivity contribution in [2.45, 2.75) is 31.2 Å². The highest BCUT2D eigenvalue weighted by atomic mass is 32.2. The highest BCUT2D eigenvalue weighted by Crippen LogP contribution is 2.27. The highest BCUT2D eigenvalue weighted by Gasteiger charge is 2.19. The van der Waals surface area contributed by atoms with Crippen LogP contribution >= 0.6 is 11.8 Å². The molecule has 2 aromatic carbocycles. The van der Waals surface area contributed by atoms with E-state index in [2.05, 4.69) is 15.5 Å². The monoisotopic (exact) mass is 381 g/mol. The number of carbonyl (C=O) groups is 2. The molecule has 3 aromatic rings. The van der Waals surface area contributed by atoms with Crippen LogP contribution in [0.1, 0.15) is 29.8 Å². The first-order valence-corrected chi connectivity index (χ1v) is 9.29. The number of aryl methyl sites for hydroxylation is 1. The van der Waals surface area contributed by atoms with E-state index in [-0.39, 0.29) is 11.7 Å². The van der Waals surface area contributed by atoms with Crippen molar-refractivity contribution in [3.63, 3.8) is 0 Å². The molecule has 1 amide bonds. The number of nitrogens with zero attached hydrogens (tertiary/aromatic N) is 2. The Labute approximate surface area is 161 Å². The van der Waals surface area contributed by atoms with E-state index in [1.165, 1.54) is 18.7 Å². The lowest BCUT2D eigenvalue weighted by molar-refractivity contribution is -0.115. The Kier molecular flexibility index (Phi) is 5.71. The number of nitrogens with one attached hydrogen (secondary N) is 1. The largest absolute Gasteiger partial charge is 0.411 e. The van der Waals surface area contributed by atoms with Crippen molar-refractivity contribution in [3.05, 3.63) is 59.7 Å². The van der Waals surface area contributed by atoms with Crippen molar-refractivity contribution in [1.82, 2.24) is 10.2 Å². The van der Waals surface area contributed by atoms with Crippen LogP contribution in [0.25, 0.3) is 11.5 Å². The van der Waals surface area contributed by atoms with Crippen LogP contribution in [-0.4, -0.2) is 27.1 Å². The Morgan fingerprint density at radius 3 is 2.63 bits per heavy atom. The number of benzene rings is 2. The van der Waals surface area contributed by atoms with E-state index in [4.69, 9.17) is 4.42 Å². The predicted octanol–water partition coefficient (Wildman–Crippen LogP) is 4.37. The molecule has 7 heteroatoms. The molecule has 1 heterocycles. The summed E-state index contributed by atoms with van der Waals surface area (Å²) in [5.41, 5.74) is 3.06. The summed E-state index contributed by atoms with van der Waals surface area (Å²) in [6, 6.07) is 14.6. The fraction of sp³-hybridized carbons (Fsp3) is 0.200. The molecule has 138 valence electrons. The molecular weight excluding hydrogens is 362 g/mol. The standard InChI is InChI=1S/C20H19N3O3S/c1-12-6-4-8-16(10-12)19-22-23-20(26-19)27-14(3)18(25)21-17-9-5-7-15(11-17)13(2)24/h4-11,14H,1-3H3,(H,21,25)/t14-/m0/s1. The van der Waals surface area contributed by atoms with E-state index in [0.717, 1.165) is 11.1 Å². The number of anilines is 1. The number of carbonyl (C=O) groups excluding carboxylic acids is 2. The van der Waals surface area contributed by atoms with Gasteiger partial charge >= 0.3 is 0 Å². The summed E-state index contributed by atoms with van der Waals surface area (Å²) in [5.74, 6) is 0.155. The van der Waals surface area contributed by atoms with Gasteiger partial charge in [-0.25, -0.2) is 0 Å². The molecule has 1 aromatic heterocycles. The first kappa shape index (κ1) is 18.8. The first-order valence-electron chi connectivity index (χ1n) is 8.41. The molecule has 0 aliphatic rings. The van der Waals surface area contributed by atoms with E-state index in [1.807, 2.05) is 31.2 Å². The molecule has 1 atom stereocenters. The summed E-state index contributed by atoms with van der Waals surface area (Å²) in [6.07, 6.45) is 0. The Bertz CT molecular complexity index is 984. The first-order chi connectivity index (χ1) is 12.9. The zero-order valence-electron chi connectivity index (χ0n) is 15.2. The van der Waals surface area contributed by atoms with Crippen LogP contribution < -0.4 is 5.32 Å². The fourth-order valence-electron chi connectivity index (χ4n) is 2.42. The minimum absolute atomic E-state index is 0.0527. The van der Waals surface area contributed by atoms with Crippen LogP contribution in [0.3, 0.4) is 0 Å². The maximum Gasteiger partial charge on any atom is 0.277 e. The molecule has 0 spiro atoms. The minimum atomic E-state index is -0.447. The van der Waals surface area contributed by atoms with Crippen LogP contribution in [0, 0.1) is 6.92 Å². The molecule has 0 aliphatic carbocycles. The van der Waals surface area contributed by atoms with Gasteiger partial charge in [-0.2, -0.15) is 0 Å². The van der Waals surface area contributed by atoms with E-state index < -0.39 is 5.25 Å². The van der Waals surface area contributed by atoms with Crippen molar-refractivity contribution >= 4 is 29.1 Å². The van der Waals surface area contributed by atoms with E-state index >= 15 is 0 Å². The quantitative estimate of drug-likeness (QED) is 0.504. The average Bonchev–Trinajstić information content (AvgIpc) is 3.10. The Balaban J connectivity index is 1.65. The molecule has 0 radical (unpaired) electrons. The number of hydrogen-bond donors (Lipinski definition) is 1. The number of ketones is 1. The molecule has 3 rings (SSSR count). The lowest BCUT2D eigenvalue weighted by atomic mass is 10.1. The predicted molar refractivity (Wildman–Crippen MR) is 105 cm³/mol. The van der Waals surface area contributed by atoms with Gasteiger partial charge in [0, 0.05) is 16.8 Å². The molecular formula is C20H19N3O3S. The normalized spacial score (nSPS) is 11.8. The number of thioether (sulfide) groups is 1. The van der Waals surface area contributed by atoms with E-state index in [0.29, 0.717) is 22.4 Å². The number of rotatable bonds is 6. The maximum atomic E-state index is 12.4. The zero-order chi connectivity index (χ0) is 19.4. The lowest BCUT2D eigenvalue weighted by Crippen LogP contribution is -2.22. The Morgan fingerprint density at radius 1 is 1.11 bits per heavy atom. The van der Waals surface area contributed by atoms with Gasteiger partial charge in [0.25, 0.3) is 5.22 Å². The Hall–Kier alpha value is -2.93. The van der Waals surface area contributed by atoms with Crippen LogP contribution in [0.4, 0.5) is 5.69 Å². The molecule has 27 heavy (non-hydrogen) atoms. The minimum Gasteiger partial charge on any atom is -0.411 e. The van der Waals surface area contributed by atoms with Crippen LogP contribution in [0.15, 0.2) is 58.2 Å². The van der Waals surface area contributed by atoms with Gasteiger partial charge < -0.3 is 9.73 Å². The fourth-order valence-corrected chi connectivity index (χ4v) is 3.10. The van der Waals surface area contributed by atoms with Crippen molar-refractivity contribution in [2.75, 3.05) is 5.32 Å². The SMILES string of the molecule is CC(=O)c1cccc(NC(=O)[C@H](C)Sc2nnc(-c3cccc(C)c3)o2)c1. The second-order valence-corrected chi connectivity index (χ2v) is 7.42. The number of amides is 1. The average molecular weight is 381 g/mol. The van der Waals surface area contributed by atoms with E-state index in [9.17, 15) is 9.59 Å². The van der Waals surface area contributed by atoms with Gasteiger partial charge in [-0.05, 0) is 45.0 Å². The molecule has 0 saturated heterocycles.